The average molecular weight is 993 g/mol. The maximum absolute atomic E-state index is 12.5. The fourth-order valence-corrected chi connectivity index (χ4v) is 10.4. The topological polar surface area (TPSA) is 181 Å². The van der Waals surface area contributed by atoms with E-state index in [0.717, 1.165) is 91.3 Å². The summed E-state index contributed by atoms with van der Waals surface area (Å²) in [6.07, 6.45) is 4.10. The van der Waals surface area contributed by atoms with Gasteiger partial charge in [-0.1, -0.05) is 87.8 Å². The maximum atomic E-state index is 12.5. The van der Waals surface area contributed by atoms with Gasteiger partial charge in [0.1, 0.15) is 17.1 Å². The van der Waals surface area contributed by atoms with Crippen LogP contribution in [0.5, 0.6) is 0 Å². The highest BCUT2D eigenvalue weighted by Crippen LogP contribution is 2.43. The van der Waals surface area contributed by atoms with E-state index in [0.29, 0.717) is 47.6 Å². The number of fused-ring (bicyclic) bond motifs is 3. The van der Waals surface area contributed by atoms with E-state index < -0.39 is 5.91 Å². The minimum atomic E-state index is -0.481. The van der Waals surface area contributed by atoms with Crippen LogP contribution in [0.4, 0.5) is 22.7 Å². The number of primary amides is 1. The molecule has 0 unspecified atom stereocenters. The minimum absolute atomic E-state index is 0.0461. The predicted octanol–water partition coefficient (Wildman–Crippen LogP) is 10.8. The van der Waals surface area contributed by atoms with E-state index in [2.05, 4.69) is 93.1 Å². The zero-order valence-electron chi connectivity index (χ0n) is 41.1. The molecule has 3 aromatic carbocycles. The number of nitrogens with zero attached hydrogens (tertiary/aromatic N) is 8. The number of carbonyl (C=O) groups is 4. The molecule has 69 heavy (non-hydrogen) atoms. The molecule has 15 nitrogen and oxygen atoms in total. The average Bonchev–Trinajstić information content (AvgIpc) is 3.90. The van der Waals surface area contributed by atoms with Crippen molar-refractivity contribution in [1.29, 1.82) is 0 Å². The highest BCUT2D eigenvalue weighted by Gasteiger charge is 2.38. The zero-order valence-corrected chi connectivity index (χ0v) is 42.7. The summed E-state index contributed by atoms with van der Waals surface area (Å²) < 4.78 is 5.81. The molecule has 3 aliphatic rings. The lowest BCUT2D eigenvalue weighted by Gasteiger charge is -2.28. The third kappa shape index (κ3) is 9.90. The number of nitrogens with one attached hydrogen (secondary N) is 2. The summed E-state index contributed by atoms with van der Waals surface area (Å²) in [6, 6.07) is 16.6. The van der Waals surface area contributed by atoms with Crippen molar-refractivity contribution in [3.05, 3.63) is 121 Å². The Morgan fingerprint density at radius 2 is 0.928 bits per heavy atom. The van der Waals surface area contributed by atoms with Gasteiger partial charge in [0.2, 0.25) is 11.4 Å². The lowest BCUT2D eigenvalue weighted by Crippen LogP contribution is -2.28. The third-order valence-corrected chi connectivity index (χ3v) is 13.6. The molecule has 356 valence electrons. The lowest BCUT2D eigenvalue weighted by molar-refractivity contribution is 0.0893. The van der Waals surface area contributed by atoms with E-state index in [4.69, 9.17) is 18.9 Å². The van der Waals surface area contributed by atoms with Crippen LogP contribution in [-0.4, -0.2) is 66.7 Å². The van der Waals surface area contributed by atoms with Crippen LogP contribution in [0, 0.1) is 29.4 Å². The number of halogens is 1. The number of carbonyl (C=O) groups excluding carboxylic acids is 4. The van der Waals surface area contributed by atoms with E-state index >= 15 is 0 Å². The molecule has 4 N–H and O–H groups in total. The van der Waals surface area contributed by atoms with Crippen molar-refractivity contribution in [3.8, 4) is 33.8 Å². The molecule has 0 aliphatic heterocycles. The molecule has 6 aromatic rings. The second kappa shape index (κ2) is 18.7. The molecule has 0 atom stereocenters. The predicted molar refractivity (Wildman–Crippen MR) is 273 cm³/mol. The van der Waals surface area contributed by atoms with Gasteiger partial charge >= 0.3 is 0 Å². The van der Waals surface area contributed by atoms with E-state index in [1.54, 1.807) is 53.4 Å². The summed E-state index contributed by atoms with van der Waals surface area (Å²) >= 11 is 3.43. The number of aryl methyl sites for hydroxylation is 3. The smallest absolute Gasteiger partial charge is 0.250 e. The summed E-state index contributed by atoms with van der Waals surface area (Å²) in [5.41, 5.74) is 18.6. The molecule has 0 radical (unpaired) electrons. The lowest BCUT2D eigenvalue weighted by atomic mass is 9.75. The van der Waals surface area contributed by atoms with Crippen molar-refractivity contribution in [2.45, 2.75) is 80.1 Å². The molecule has 0 spiro atoms. The molecule has 0 saturated carbocycles. The van der Waals surface area contributed by atoms with Gasteiger partial charge in [-0.25, -0.2) is 9.69 Å². The molecule has 3 heterocycles. The van der Waals surface area contributed by atoms with Crippen LogP contribution in [-0.2, 0) is 40.4 Å². The number of nitrogens with two attached hydrogens (primary N) is 1. The van der Waals surface area contributed by atoms with Gasteiger partial charge in [0, 0.05) is 104 Å². The Bertz CT molecular complexity index is 3190. The Labute approximate surface area is 411 Å². The first kappa shape index (κ1) is 49.7. The number of amides is 1. The van der Waals surface area contributed by atoms with Crippen LogP contribution >= 0.6 is 15.9 Å². The first-order valence-corrected chi connectivity index (χ1v) is 23.5. The number of benzene rings is 3. The van der Waals surface area contributed by atoms with Crippen molar-refractivity contribution in [2.75, 3.05) is 24.7 Å². The summed E-state index contributed by atoms with van der Waals surface area (Å²) in [5.74, 6) is -0.0381. The Morgan fingerprint density at radius 3 is 1.28 bits per heavy atom. The van der Waals surface area contributed by atoms with E-state index in [1.807, 2.05) is 50.5 Å². The van der Waals surface area contributed by atoms with Gasteiger partial charge in [0.25, 0.3) is 5.91 Å². The normalized spacial score (nSPS) is 16.0. The highest BCUT2D eigenvalue weighted by atomic mass is 79.9. The molecule has 3 aromatic heterocycles. The summed E-state index contributed by atoms with van der Waals surface area (Å²) in [7, 11) is 8.99. The van der Waals surface area contributed by atoms with E-state index in [9.17, 15) is 19.2 Å². The monoisotopic (exact) mass is 991 g/mol. The van der Waals surface area contributed by atoms with Crippen molar-refractivity contribution in [1.82, 2.24) is 29.3 Å². The molecule has 0 fully saturated rings. The van der Waals surface area contributed by atoms with Gasteiger partial charge in [-0.15, -0.1) is 0 Å². The first-order chi connectivity index (χ1) is 32.4. The molecule has 3 aliphatic carbocycles. The second-order valence-electron chi connectivity index (χ2n) is 20.5. The molecule has 1 amide bonds. The third-order valence-electron chi connectivity index (χ3n) is 12.9. The summed E-state index contributed by atoms with van der Waals surface area (Å²) in [5, 5.41) is 19.8. The van der Waals surface area contributed by atoms with Gasteiger partial charge in [-0.05, 0) is 59.8 Å². The largest absolute Gasteiger partial charge is 0.397 e. The van der Waals surface area contributed by atoms with Crippen LogP contribution in [0.15, 0.2) is 59.1 Å². The first-order valence-electron chi connectivity index (χ1n) is 22.7. The second-order valence-corrected chi connectivity index (χ2v) is 21.3. The minimum Gasteiger partial charge on any atom is -0.397 e. The Hall–Kier alpha value is -7.17. The van der Waals surface area contributed by atoms with Gasteiger partial charge in [-0.3, -0.25) is 33.2 Å². The summed E-state index contributed by atoms with van der Waals surface area (Å²) in [6.45, 7) is 27.0. The number of aromatic nitrogens is 6. The fourth-order valence-electron chi connectivity index (χ4n) is 9.97. The Balaban J connectivity index is 0.000000153. The fraction of sp³-hybridized carbons (Fsp3) is 0.377. The van der Waals surface area contributed by atoms with Crippen molar-refractivity contribution in [2.24, 2.45) is 43.1 Å². The van der Waals surface area contributed by atoms with Crippen LogP contribution in [0.2, 0.25) is 0 Å². The zero-order chi connectivity index (χ0) is 50.5. The van der Waals surface area contributed by atoms with E-state index in [1.165, 1.54) is 0 Å². The Morgan fingerprint density at radius 1 is 0.580 bits per heavy atom. The van der Waals surface area contributed by atoms with Crippen LogP contribution in [0.3, 0.4) is 0 Å². The number of ketones is 3. The molecular formula is C53H58BrN11O4. The quantitative estimate of drug-likeness (QED) is 0.137. The Kier molecular flexibility index (Phi) is 13.5. The van der Waals surface area contributed by atoms with Gasteiger partial charge in [0.05, 0.1) is 35.8 Å². The molecule has 0 bridgehead atoms. The van der Waals surface area contributed by atoms with Gasteiger partial charge < -0.3 is 16.4 Å². The van der Waals surface area contributed by atoms with Crippen molar-refractivity contribution >= 4 is 61.9 Å². The molecular weight excluding hydrogens is 935 g/mol. The number of hydrogen-bond donors (Lipinski definition) is 3. The van der Waals surface area contributed by atoms with Crippen LogP contribution in [0.25, 0.3) is 43.5 Å². The SMILES string of the molecule is CNc1cc(-c2nn(C)c3c2CC(C)(C)CC3=O)ccc1C(N)=O.[C-]#[N+]c1ccc(-c2nn(C)c3c2CC(C)(C)CC3=O)cc1Br.[C-]#[N+]c1ccc(-c2nn(C)c3c2CC(C)(C)CC3=O)cc1NC. The van der Waals surface area contributed by atoms with Gasteiger partial charge in [-0.2, -0.15) is 15.3 Å². The number of hydrogen-bond acceptors (Lipinski definition) is 9. The molecule has 0 saturated heterocycles. The molecule has 16 heteroatoms. The maximum Gasteiger partial charge on any atom is 0.250 e. The van der Waals surface area contributed by atoms with Crippen LogP contribution < -0.4 is 16.4 Å². The van der Waals surface area contributed by atoms with Crippen molar-refractivity contribution < 1.29 is 19.2 Å². The standard InChI is InChI=1S/C18H22N4O2.C18H20N4O.C17H16BrN3O/c1-18(2)8-12-15(21-22(4)16(12)14(23)9-18)10-5-6-11(17(19)24)13(7-10)20-3;1-18(2)9-12-16(21-22(5)17(12)15(23)10-18)11-6-7-13(19-3)14(8-11)20-4;1-17(2)8-11-15(20-21(4)16(11)14(22)9-17)10-5-6-13(19-3)12(18)7-10/h5-7,20H,8-9H2,1-4H3,(H2,19,24);6-8,20H,9-10H2,1-2,4-5H3;5-7H,8-9H2,1-2,4H3. The van der Waals surface area contributed by atoms with Crippen LogP contribution in [0.1, 0.15) is 119 Å². The number of Topliss-reactive ketones (excluding diaryl/α,β-unsaturated/α-hetero) is 3. The number of anilines is 2. The van der Waals surface area contributed by atoms with E-state index in [-0.39, 0.29) is 33.6 Å². The highest BCUT2D eigenvalue weighted by molar-refractivity contribution is 9.10. The molecule has 9 rings (SSSR count). The summed E-state index contributed by atoms with van der Waals surface area (Å²) in [4.78, 5) is 55.9. The van der Waals surface area contributed by atoms with Gasteiger partial charge in [0.15, 0.2) is 17.3 Å². The van der Waals surface area contributed by atoms with Crippen molar-refractivity contribution in [3.63, 3.8) is 0 Å². The number of rotatable bonds is 6.